The van der Waals surface area contributed by atoms with Crippen LogP contribution in [0, 0.1) is 0 Å². The zero-order valence-corrected chi connectivity index (χ0v) is 11.6. The van der Waals surface area contributed by atoms with Crippen LogP contribution < -0.4 is 0 Å². The summed E-state index contributed by atoms with van der Waals surface area (Å²) in [7, 11) is 0. The van der Waals surface area contributed by atoms with E-state index in [0.717, 1.165) is 11.1 Å². The summed E-state index contributed by atoms with van der Waals surface area (Å²) in [5.74, 6) is 0. The Morgan fingerprint density at radius 2 is 1.41 bits per heavy atom. The first-order chi connectivity index (χ1) is 10.6. The van der Waals surface area contributed by atoms with Gasteiger partial charge in [0.25, 0.3) is 0 Å². The molecule has 1 aromatic heterocycles. The van der Waals surface area contributed by atoms with Gasteiger partial charge in [-0.05, 0) is 11.1 Å². The number of hydrogen-bond acceptors (Lipinski definition) is 5. The molecule has 0 radical (unpaired) electrons. The number of benzene rings is 1. The third-order valence-corrected chi connectivity index (χ3v) is 4.37. The number of fused-ring (bicyclic) bond motifs is 5. The lowest BCUT2D eigenvalue weighted by Gasteiger charge is -2.26. The largest absolute Gasteiger partial charge is 0.386 e. The lowest BCUT2D eigenvalue weighted by molar-refractivity contribution is 0.0470. The second-order valence-electron chi connectivity index (χ2n) is 5.68. The van der Waals surface area contributed by atoms with E-state index in [1.165, 1.54) is 6.08 Å². The zero-order chi connectivity index (χ0) is 15.4. The zero-order valence-electron chi connectivity index (χ0n) is 11.6. The summed E-state index contributed by atoms with van der Waals surface area (Å²) in [4.78, 5) is 4.40. The Hall–Kier alpha value is -2.05. The molecule has 2 aliphatic carbocycles. The first-order valence-electron chi connectivity index (χ1n) is 7.12. The molecule has 0 amide bonds. The molecule has 0 aliphatic heterocycles. The molecular weight excluding hydrogens is 282 g/mol. The molecule has 4 atom stereocenters. The van der Waals surface area contributed by atoms with E-state index in [0.29, 0.717) is 22.0 Å². The number of pyridine rings is 1. The Morgan fingerprint density at radius 3 is 2.14 bits per heavy atom. The molecule has 4 N–H and O–H groups in total. The molecule has 0 saturated heterocycles. The van der Waals surface area contributed by atoms with Gasteiger partial charge in [0.2, 0.25) is 0 Å². The topological polar surface area (TPSA) is 93.8 Å². The van der Waals surface area contributed by atoms with E-state index in [9.17, 15) is 20.4 Å². The van der Waals surface area contributed by atoms with Crippen molar-refractivity contribution >= 4 is 23.1 Å². The van der Waals surface area contributed by atoms with Crippen LogP contribution in [-0.4, -0.2) is 37.6 Å². The highest BCUT2D eigenvalue weighted by Gasteiger charge is 2.29. The Balaban J connectivity index is 2.06. The van der Waals surface area contributed by atoms with Crippen LogP contribution in [0.25, 0.3) is 23.1 Å². The van der Waals surface area contributed by atoms with Gasteiger partial charge in [-0.1, -0.05) is 36.4 Å². The summed E-state index contributed by atoms with van der Waals surface area (Å²) in [6, 6.07) is 3.65. The Labute approximate surface area is 126 Å². The van der Waals surface area contributed by atoms with Crippen LogP contribution in [0.3, 0.4) is 0 Å². The van der Waals surface area contributed by atoms with Crippen LogP contribution in [0.5, 0.6) is 0 Å². The Morgan fingerprint density at radius 1 is 0.773 bits per heavy atom. The molecule has 0 saturated carbocycles. The van der Waals surface area contributed by atoms with Crippen molar-refractivity contribution in [2.24, 2.45) is 0 Å². The number of hydrogen-bond donors (Lipinski definition) is 4. The molecule has 0 fully saturated rings. The quantitative estimate of drug-likeness (QED) is 0.584. The first-order valence-corrected chi connectivity index (χ1v) is 7.12. The minimum atomic E-state index is -1.06. The number of rotatable bonds is 0. The van der Waals surface area contributed by atoms with E-state index in [1.54, 1.807) is 24.4 Å². The smallest absolute Gasteiger partial charge is 0.111 e. The van der Waals surface area contributed by atoms with Crippen LogP contribution in [-0.2, 0) is 0 Å². The van der Waals surface area contributed by atoms with Gasteiger partial charge < -0.3 is 20.4 Å². The van der Waals surface area contributed by atoms with Crippen molar-refractivity contribution in [3.63, 3.8) is 0 Å². The second kappa shape index (κ2) is 4.72. The highest BCUT2D eigenvalue weighted by atomic mass is 16.3. The van der Waals surface area contributed by atoms with Crippen molar-refractivity contribution < 1.29 is 20.4 Å². The van der Waals surface area contributed by atoms with E-state index in [-0.39, 0.29) is 0 Å². The van der Waals surface area contributed by atoms with Gasteiger partial charge in [0.05, 0.1) is 5.52 Å². The number of aliphatic hydroxyl groups is 4. The van der Waals surface area contributed by atoms with E-state index in [1.807, 2.05) is 12.1 Å². The summed E-state index contributed by atoms with van der Waals surface area (Å²) in [6.45, 7) is 0. The van der Waals surface area contributed by atoms with Crippen molar-refractivity contribution in [2.75, 3.05) is 0 Å². The van der Waals surface area contributed by atoms with Gasteiger partial charge in [-0.2, -0.15) is 0 Å². The average Bonchev–Trinajstić information content (AvgIpc) is 2.53. The molecule has 0 spiro atoms. The molecule has 2 aromatic rings. The molecule has 5 nitrogen and oxygen atoms in total. The van der Waals surface area contributed by atoms with Crippen molar-refractivity contribution in [1.82, 2.24) is 4.98 Å². The molecule has 0 bridgehead atoms. The van der Waals surface area contributed by atoms with Gasteiger partial charge in [0.1, 0.15) is 24.4 Å². The highest BCUT2D eigenvalue weighted by Crippen LogP contribution is 2.39. The molecule has 112 valence electrons. The number of aromatic nitrogens is 1. The van der Waals surface area contributed by atoms with Crippen molar-refractivity contribution in [3.8, 4) is 0 Å². The van der Waals surface area contributed by atoms with E-state index >= 15 is 0 Å². The van der Waals surface area contributed by atoms with Crippen LogP contribution in [0.4, 0.5) is 0 Å². The minimum absolute atomic E-state index is 0.536. The van der Waals surface area contributed by atoms with Crippen LogP contribution >= 0.6 is 0 Å². The fourth-order valence-electron chi connectivity index (χ4n) is 3.21. The molecule has 5 heteroatoms. The van der Waals surface area contributed by atoms with E-state index in [2.05, 4.69) is 4.98 Å². The lowest BCUT2D eigenvalue weighted by atomic mass is 9.86. The monoisotopic (exact) mass is 297 g/mol. The maximum absolute atomic E-state index is 10.3. The SMILES string of the molecule is O[C@@H]1c2c(cnc3c4c(ccc23)C=C[C@H](O)[C@@H]4O)C=C[C@@H]1O. The maximum Gasteiger partial charge on any atom is 0.111 e. The summed E-state index contributed by atoms with van der Waals surface area (Å²) in [5, 5.41) is 41.0. The summed E-state index contributed by atoms with van der Waals surface area (Å²) < 4.78 is 0. The van der Waals surface area contributed by atoms with E-state index in [4.69, 9.17) is 0 Å². The standard InChI is InChI=1S/C17H15NO4/c19-11-6-3-9-7-18-15-10(13(9)16(11)21)4-1-8-2-5-12(20)17(22)14(8)15/h1-7,11-12,16-17,19-22H/t11-,12-,16-,17-/m0/s1. The van der Waals surface area contributed by atoms with Crippen LogP contribution in [0.15, 0.2) is 30.5 Å². The molecule has 1 aromatic carbocycles. The summed E-state index contributed by atoms with van der Waals surface area (Å²) >= 11 is 0. The van der Waals surface area contributed by atoms with Crippen molar-refractivity contribution in [2.45, 2.75) is 24.4 Å². The summed E-state index contributed by atoms with van der Waals surface area (Å²) in [5.41, 5.74) is 3.21. The predicted molar refractivity (Wildman–Crippen MR) is 81.7 cm³/mol. The molecular formula is C17H15NO4. The normalized spacial score (nSPS) is 29.5. The lowest BCUT2D eigenvalue weighted by Crippen LogP contribution is -2.22. The Kier molecular flexibility index (Phi) is 2.92. The van der Waals surface area contributed by atoms with E-state index < -0.39 is 24.4 Å². The molecule has 4 rings (SSSR count). The fraction of sp³-hybridized carbons (Fsp3) is 0.235. The fourth-order valence-corrected chi connectivity index (χ4v) is 3.21. The third-order valence-electron chi connectivity index (χ3n) is 4.37. The average molecular weight is 297 g/mol. The number of nitrogens with zero attached hydrogens (tertiary/aromatic N) is 1. The van der Waals surface area contributed by atoms with Gasteiger partial charge in [0, 0.05) is 22.7 Å². The van der Waals surface area contributed by atoms with Gasteiger partial charge in [-0.3, -0.25) is 4.98 Å². The molecule has 2 aliphatic rings. The Bertz CT molecular complexity index is 758. The van der Waals surface area contributed by atoms with Gasteiger partial charge >= 0.3 is 0 Å². The maximum atomic E-state index is 10.3. The predicted octanol–water partition coefficient (Wildman–Crippen LogP) is 1.08. The van der Waals surface area contributed by atoms with Gasteiger partial charge in [-0.15, -0.1) is 0 Å². The van der Waals surface area contributed by atoms with Gasteiger partial charge in [0.15, 0.2) is 0 Å². The van der Waals surface area contributed by atoms with Crippen LogP contribution in [0.1, 0.15) is 34.5 Å². The third kappa shape index (κ3) is 1.77. The van der Waals surface area contributed by atoms with Crippen LogP contribution in [0.2, 0.25) is 0 Å². The van der Waals surface area contributed by atoms with Gasteiger partial charge in [-0.25, -0.2) is 0 Å². The summed E-state index contributed by atoms with van der Waals surface area (Å²) in [6.07, 6.45) is 4.11. The van der Waals surface area contributed by atoms with Crippen molar-refractivity contribution in [1.29, 1.82) is 0 Å². The first kappa shape index (κ1) is 13.6. The van der Waals surface area contributed by atoms with Crippen molar-refractivity contribution in [3.05, 3.63) is 52.7 Å². The number of aliphatic hydroxyl groups excluding tert-OH is 4. The molecule has 0 unspecified atom stereocenters. The molecule has 1 heterocycles. The molecule has 22 heavy (non-hydrogen) atoms. The second-order valence-corrected chi connectivity index (χ2v) is 5.68. The minimum Gasteiger partial charge on any atom is -0.386 e. The highest BCUT2D eigenvalue weighted by molar-refractivity contribution is 5.92.